The van der Waals surface area contributed by atoms with Gasteiger partial charge in [-0.15, -0.1) is 0 Å². The molecule has 1 fully saturated rings. The molecular weight excluding hydrogens is 356 g/mol. The molecule has 1 aliphatic carbocycles. The fourth-order valence-corrected chi connectivity index (χ4v) is 3.14. The summed E-state index contributed by atoms with van der Waals surface area (Å²) in [6.45, 7) is 2.95. The van der Waals surface area contributed by atoms with E-state index < -0.39 is 0 Å². The molecule has 0 aromatic heterocycles. The van der Waals surface area contributed by atoms with Crippen LogP contribution in [-0.2, 0) is 16.0 Å². The zero-order valence-electron chi connectivity index (χ0n) is 16.2. The van der Waals surface area contributed by atoms with Gasteiger partial charge in [-0.1, -0.05) is 24.3 Å². The second kappa shape index (κ2) is 9.26. The van der Waals surface area contributed by atoms with Gasteiger partial charge in [0.15, 0.2) is 0 Å². The summed E-state index contributed by atoms with van der Waals surface area (Å²) in [4.78, 5) is 24.8. The van der Waals surface area contributed by atoms with E-state index in [0.717, 1.165) is 11.3 Å². The summed E-state index contributed by atoms with van der Waals surface area (Å²) >= 11 is 0. The van der Waals surface area contributed by atoms with E-state index in [1.165, 1.54) is 0 Å². The van der Waals surface area contributed by atoms with Crippen LogP contribution in [0.2, 0.25) is 0 Å². The number of anilines is 1. The molecule has 0 saturated heterocycles. The number of methoxy groups -OCH3 is 1. The van der Waals surface area contributed by atoms with Crippen molar-refractivity contribution >= 4 is 17.5 Å². The second-order valence-corrected chi connectivity index (χ2v) is 6.76. The average Bonchev–Trinajstić information content (AvgIpc) is 3.51. The van der Waals surface area contributed by atoms with Gasteiger partial charge in [0.1, 0.15) is 11.5 Å². The quantitative estimate of drug-likeness (QED) is 0.699. The molecule has 0 aliphatic heterocycles. The van der Waals surface area contributed by atoms with Crippen molar-refractivity contribution in [3.63, 3.8) is 0 Å². The second-order valence-electron chi connectivity index (χ2n) is 6.76. The van der Waals surface area contributed by atoms with Crippen molar-refractivity contribution in [2.45, 2.75) is 19.8 Å². The maximum Gasteiger partial charge on any atom is 0.228 e. The van der Waals surface area contributed by atoms with Crippen LogP contribution in [0.25, 0.3) is 0 Å². The van der Waals surface area contributed by atoms with E-state index in [1.54, 1.807) is 13.2 Å². The molecule has 2 N–H and O–H groups in total. The Balaban J connectivity index is 1.45. The van der Waals surface area contributed by atoms with Gasteiger partial charge in [0, 0.05) is 6.54 Å². The molecule has 148 valence electrons. The van der Waals surface area contributed by atoms with Crippen molar-refractivity contribution in [2.75, 3.05) is 25.6 Å². The van der Waals surface area contributed by atoms with Crippen molar-refractivity contribution in [1.82, 2.24) is 5.32 Å². The molecule has 6 heteroatoms. The predicted molar refractivity (Wildman–Crippen MR) is 108 cm³/mol. The first-order valence-corrected chi connectivity index (χ1v) is 9.55. The smallest absolute Gasteiger partial charge is 0.228 e. The number of nitrogens with one attached hydrogen (secondary N) is 2. The molecule has 0 spiro atoms. The first-order chi connectivity index (χ1) is 13.6. The van der Waals surface area contributed by atoms with Crippen LogP contribution < -0.4 is 20.1 Å². The minimum absolute atomic E-state index is 0.0684. The topological polar surface area (TPSA) is 76.7 Å². The monoisotopic (exact) mass is 382 g/mol. The number of hydrogen-bond donors (Lipinski definition) is 2. The largest absolute Gasteiger partial charge is 0.497 e. The lowest BCUT2D eigenvalue weighted by atomic mass is 10.1. The average molecular weight is 382 g/mol. The van der Waals surface area contributed by atoms with Gasteiger partial charge in [-0.25, -0.2) is 0 Å². The Bertz CT molecular complexity index is 837. The summed E-state index contributed by atoms with van der Waals surface area (Å²) in [5.41, 5.74) is 1.73. The SMILES string of the molecule is CCOc1ccccc1NC(=O)C1CC1C(=O)NCCc1cccc(OC)c1. The number of hydrogen-bond acceptors (Lipinski definition) is 4. The summed E-state index contributed by atoms with van der Waals surface area (Å²) < 4.78 is 10.7. The molecule has 2 unspecified atom stereocenters. The van der Waals surface area contributed by atoms with Crippen LogP contribution in [-0.4, -0.2) is 32.1 Å². The first kappa shape index (κ1) is 19.7. The number of amides is 2. The van der Waals surface area contributed by atoms with Crippen LogP contribution in [0.3, 0.4) is 0 Å². The molecule has 28 heavy (non-hydrogen) atoms. The van der Waals surface area contributed by atoms with Crippen LogP contribution in [0.4, 0.5) is 5.69 Å². The fraction of sp³-hybridized carbons (Fsp3) is 0.364. The van der Waals surface area contributed by atoms with Crippen LogP contribution in [0, 0.1) is 11.8 Å². The van der Waals surface area contributed by atoms with Crippen molar-refractivity contribution in [3.05, 3.63) is 54.1 Å². The van der Waals surface area contributed by atoms with E-state index in [1.807, 2.05) is 49.4 Å². The van der Waals surface area contributed by atoms with Crippen molar-refractivity contribution in [1.29, 1.82) is 0 Å². The molecular formula is C22H26N2O4. The molecule has 3 rings (SSSR count). The molecule has 0 radical (unpaired) electrons. The number of carbonyl (C=O) groups is 2. The van der Waals surface area contributed by atoms with Gasteiger partial charge in [0.05, 0.1) is 31.2 Å². The molecule has 2 aromatic carbocycles. The summed E-state index contributed by atoms with van der Waals surface area (Å²) in [5.74, 6) is 0.686. The fourth-order valence-electron chi connectivity index (χ4n) is 3.14. The normalized spacial score (nSPS) is 17.5. The zero-order valence-corrected chi connectivity index (χ0v) is 16.2. The van der Waals surface area contributed by atoms with E-state index in [4.69, 9.17) is 9.47 Å². The Hall–Kier alpha value is -3.02. The highest BCUT2D eigenvalue weighted by Gasteiger charge is 2.48. The minimum atomic E-state index is -0.286. The van der Waals surface area contributed by atoms with Crippen molar-refractivity contribution in [2.24, 2.45) is 11.8 Å². The van der Waals surface area contributed by atoms with Crippen LogP contribution >= 0.6 is 0 Å². The van der Waals surface area contributed by atoms with Gasteiger partial charge >= 0.3 is 0 Å². The third-order valence-corrected chi connectivity index (χ3v) is 4.76. The Kier molecular flexibility index (Phi) is 6.53. The van der Waals surface area contributed by atoms with Gasteiger partial charge in [0.25, 0.3) is 0 Å². The number of rotatable bonds is 9. The van der Waals surface area contributed by atoms with Gasteiger partial charge in [-0.05, 0) is 49.6 Å². The number of benzene rings is 2. The van der Waals surface area contributed by atoms with E-state index >= 15 is 0 Å². The van der Waals surface area contributed by atoms with E-state index in [2.05, 4.69) is 10.6 Å². The molecule has 1 aliphatic rings. The third-order valence-electron chi connectivity index (χ3n) is 4.76. The van der Waals surface area contributed by atoms with Gasteiger partial charge < -0.3 is 20.1 Å². The molecule has 6 nitrogen and oxygen atoms in total. The number of para-hydroxylation sites is 2. The molecule has 0 heterocycles. The zero-order chi connectivity index (χ0) is 19.9. The Morgan fingerprint density at radius 3 is 2.64 bits per heavy atom. The summed E-state index contributed by atoms with van der Waals surface area (Å²) in [6, 6.07) is 15.1. The Labute approximate surface area is 165 Å². The van der Waals surface area contributed by atoms with Crippen LogP contribution in [0.5, 0.6) is 11.5 Å². The van der Waals surface area contributed by atoms with Crippen molar-refractivity contribution < 1.29 is 19.1 Å². The van der Waals surface area contributed by atoms with Gasteiger partial charge in [-0.3, -0.25) is 9.59 Å². The van der Waals surface area contributed by atoms with Gasteiger partial charge in [0.2, 0.25) is 11.8 Å². The number of carbonyl (C=O) groups excluding carboxylic acids is 2. The van der Waals surface area contributed by atoms with Crippen LogP contribution in [0.1, 0.15) is 18.9 Å². The lowest BCUT2D eigenvalue weighted by molar-refractivity contribution is -0.125. The highest BCUT2D eigenvalue weighted by Crippen LogP contribution is 2.40. The highest BCUT2D eigenvalue weighted by atomic mass is 16.5. The maximum absolute atomic E-state index is 12.5. The predicted octanol–water partition coefficient (Wildman–Crippen LogP) is 3.03. The van der Waals surface area contributed by atoms with E-state index in [-0.39, 0.29) is 23.7 Å². The lowest BCUT2D eigenvalue weighted by Crippen LogP contribution is -2.29. The maximum atomic E-state index is 12.5. The summed E-state index contributed by atoms with van der Waals surface area (Å²) in [7, 11) is 1.63. The first-order valence-electron chi connectivity index (χ1n) is 9.55. The molecule has 0 bridgehead atoms. The van der Waals surface area contributed by atoms with Crippen LogP contribution in [0.15, 0.2) is 48.5 Å². The minimum Gasteiger partial charge on any atom is -0.497 e. The summed E-state index contributed by atoms with van der Waals surface area (Å²) in [6.07, 6.45) is 1.29. The molecule has 1 saturated carbocycles. The molecule has 2 aromatic rings. The Morgan fingerprint density at radius 1 is 1.07 bits per heavy atom. The van der Waals surface area contributed by atoms with E-state index in [9.17, 15) is 9.59 Å². The molecule has 2 atom stereocenters. The summed E-state index contributed by atoms with van der Waals surface area (Å²) in [5, 5.41) is 5.81. The van der Waals surface area contributed by atoms with E-state index in [0.29, 0.717) is 37.4 Å². The third kappa shape index (κ3) is 5.03. The lowest BCUT2D eigenvalue weighted by Gasteiger charge is -2.11. The standard InChI is InChI=1S/C22H26N2O4/c1-3-28-20-10-5-4-9-19(20)24-22(26)18-14-17(18)21(25)23-12-11-15-7-6-8-16(13-15)27-2/h4-10,13,17-18H,3,11-12,14H2,1-2H3,(H,23,25)(H,24,26). The highest BCUT2D eigenvalue weighted by molar-refractivity contribution is 6.00. The molecule has 2 amide bonds. The number of ether oxygens (including phenoxy) is 2. The Morgan fingerprint density at radius 2 is 1.86 bits per heavy atom. The van der Waals surface area contributed by atoms with Crippen molar-refractivity contribution in [3.8, 4) is 11.5 Å². The van der Waals surface area contributed by atoms with Gasteiger partial charge in [-0.2, -0.15) is 0 Å².